The van der Waals surface area contributed by atoms with Gasteiger partial charge in [-0.05, 0) is 18.3 Å². The van der Waals surface area contributed by atoms with Gasteiger partial charge in [0.25, 0.3) is 0 Å². The standard InChI is InChI=1S/C15H17.C4H10N.C2H6Si.Ti/c1-10-6-11-4-5-12-8-15(2,3)9-14(12)13(11)7-10;1-4(2,3)5;1-3-2;/h4-7H,8-9H2,1-3H3;5H,1-3H3;1-2H3;/q2*-1;;+2. The third-order valence-electron chi connectivity index (χ3n) is 3.57. The van der Waals surface area contributed by atoms with Gasteiger partial charge in [-0.2, -0.15) is 6.07 Å². The fourth-order valence-corrected chi connectivity index (χ4v) is 2.97. The van der Waals surface area contributed by atoms with E-state index in [0.717, 1.165) is 0 Å². The molecule has 1 N–H and O–H groups in total. The zero-order valence-electron chi connectivity index (χ0n) is 16.7. The number of hydrogen-bond donors (Lipinski definition) is 0. The minimum atomic E-state index is -0.250. The number of nitrogens with one attached hydrogen (secondary N) is 1. The van der Waals surface area contributed by atoms with E-state index in [-0.39, 0.29) is 11.7 Å². The molecule has 0 saturated carbocycles. The molecular weight excluding hydrogens is 342 g/mol. The Bertz CT molecular complexity index is 694. The second kappa shape index (κ2) is 8.40. The molecule has 2 aromatic rings. The van der Waals surface area contributed by atoms with Crippen LogP contribution in [0.2, 0.25) is 13.1 Å². The second-order valence-corrected chi connectivity index (χ2v) is 15.7. The van der Waals surface area contributed by atoms with E-state index in [9.17, 15) is 0 Å². The maximum atomic E-state index is 6.94. The summed E-state index contributed by atoms with van der Waals surface area (Å²) in [6, 6.07) is 9.24. The maximum absolute atomic E-state index is 6.94. The fraction of sp³-hybridized carbons (Fsp3) is 0.571. The number of fused-ring (bicyclic) bond motifs is 3. The normalized spacial score (nSPS) is 15.1. The van der Waals surface area contributed by atoms with Gasteiger partial charge in [-0.3, -0.25) is 0 Å². The maximum Gasteiger partial charge on any atom is -0.0237 e. The van der Waals surface area contributed by atoms with E-state index < -0.39 is 0 Å². The van der Waals surface area contributed by atoms with Crippen LogP contribution in [-0.2, 0) is 32.0 Å². The fourth-order valence-electron chi connectivity index (χ4n) is 2.97. The van der Waals surface area contributed by atoms with Crippen LogP contribution in [-0.4, -0.2) is 11.7 Å². The molecule has 0 aliphatic heterocycles. The smallest absolute Gasteiger partial charge is 0.0237 e. The van der Waals surface area contributed by atoms with Gasteiger partial charge in [0, 0.05) is 0 Å². The molecule has 2 aromatic carbocycles. The number of hydrogen-bond acceptors (Lipinski definition) is 0. The molecule has 0 radical (unpaired) electrons. The first kappa shape index (κ1) is 21.8. The first-order valence-corrected chi connectivity index (χ1v) is 13.6. The molecule has 1 aliphatic rings. The second-order valence-electron chi connectivity index (χ2n) is 9.01. The van der Waals surface area contributed by atoms with Crippen molar-refractivity contribution < 1.29 is 19.2 Å². The van der Waals surface area contributed by atoms with Crippen LogP contribution in [0, 0.1) is 12.3 Å². The Morgan fingerprint density at radius 3 is 2.17 bits per heavy atom. The van der Waals surface area contributed by atoms with Gasteiger partial charge in [-0.15, -0.1) is 40.1 Å². The molecule has 0 spiro atoms. The summed E-state index contributed by atoms with van der Waals surface area (Å²) >= 11 is 2.27. The van der Waals surface area contributed by atoms with Crippen LogP contribution < -0.4 is 0 Å². The molecular formula is C21H33NSiTi. The summed E-state index contributed by atoms with van der Waals surface area (Å²) in [5, 5.41) is 2.92. The minimum Gasteiger partial charge on any atom is -0.165 e. The molecule has 0 bridgehead atoms. The molecule has 3 rings (SSSR count). The van der Waals surface area contributed by atoms with Crippen LogP contribution in [0.5, 0.6) is 0 Å². The first-order chi connectivity index (χ1) is 10.8. The van der Waals surface area contributed by atoms with Crippen molar-refractivity contribution in [2.45, 2.75) is 73.0 Å². The van der Waals surface area contributed by atoms with Crippen LogP contribution in [0.3, 0.4) is 0 Å². The predicted molar refractivity (Wildman–Crippen MR) is 107 cm³/mol. The third-order valence-corrected chi connectivity index (χ3v) is 3.57. The minimum absolute atomic E-state index is 0.120. The average molecular weight is 375 g/mol. The summed E-state index contributed by atoms with van der Waals surface area (Å²) in [4.78, 5) is 0. The summed E-state index contributed by atoms with van der Waals surface area (Å²) < 4.78 is 0. The van der Waals surface area contributed by atoms with Gasteiger partial charge in [0.15, 0.2) is 0 Å². The van der Waals surface area contributed by atoms with E-state index in [0.29, 0.717) is 5.41 Å². The van der Waals surface area contributed by atoms with Crippen molar-refractivity contribution in [3.63, 3.8) is 0 Å². The van der Waals surface area contributed by atoms with Gasteiger partial charge in [-0.25, -0.2) is 0 Å². The average Bonchev–Trinajstić information content (AvgIpc) is 2.83. The Balaban J connectivity index is 0.000000270. The van der Waals surface area contributed by atoms with Crippen LogP contribution in [0.4, 0.5) is 0 Å². The van der Waals surface area contributed by atoms with E-state index in [1.165, 1.54) is 29.2 Å². The molecule has 0 atom stereocenters. The summed E-state index contributed by atoms with van der Waals surface area (Å²) in [6.45, 7) is 17.0. The van der Waals surface area contributed by atoms with E-state index in [1.807, 2.05) is 20.8 Å². The van der Waals surface area contributed by atoms with Crippen LogP contribution in [0.15, 0.2) is 24.3 Å². The van der Waals surface area contributed by atoms with Gasteiger partial charge in [0.2, 0.25) is 0 Å². The van der Waals surface area contributed by atoms with Gasteiger partial charge in [-0.1, -0.05) is 52.7 Å². The zero-order valence-corrected chi connectivity index (χ0v) is 19.3. The molecule has 0 heterocycles. The Morgan fingerprint density at radius 2 is 1.67 bits per heavy atom. The summed E-state index contributed by atoms with van der Waals surface area (Å²) in [5.74, 6) is 0. The Hall–Kier alpha value is -0.279. The van der Waals surface area contributed by atoms with Crippen molar-refractivity contribution in [3.8, 4) is 0 Å². The van der Waals surface area contributed by atoms with Crippen LogP contribution in [0.25, 0.3) is 16.5 Å². The summed E-state index contributed by atoms with van der Waals surface area (Å²) in [5.41, 5.74) is 11.7. The molecule has 24 heavy (non-hydrogen) atoms. The Morgan fingerprint density at radius 1 is 1.17 bits per heavy atom. The van der Waals surface area contributed by atoms with Crippen molar-refractivity contribution in [2.75, 3.05) is 0 Å². The third kappa shape index (κ3) is 7.74. The Kier molecular flexibility index (Phi) is 7.62. The number of aryl methyl sites for hydroxylation is 1. The Labute approximate surface area is 161 Å². The quantitative estimate of drug-likeness (QED) is 0.365. The van der Waals surface area contributed by atoms with Gasteiger partial charge in [0.1, 0.15) is 0 Å². The molecule has 130 valence electrons. The largest absolute Gasteiger partial charge is 0.165 e. The van der Waals surface area contributed by atoms with E-state index >= 15 is 0 Å². The summed E-state index contributed by atoms with van der Waals surface area (Å²) in [7, 11) is 0. The topological polar surface area (TPSA) is 23.8 Å². The van der Waals surface area contributed by atoms with E-state index in [4.69, 9.17) is 5.73 Å². The number of rotatable bonds is 0. The SMILES string of the molecule is CC(C)(C)[NH-].C[Si](C)=[Ti+2].Cc1cc2c3c(ccc2[cH-]1)CC(C)(C)C3. The predicted octanol–water partition coefficient (Wildman–Crippen LogP) is 6.61. The van der Waals surface area contributed by atoms with Crippen LogP contribution >= 0.6 is 0 Å². The molecule has 0 fully saturated rings. The van der Waals surface area contributed by atoms with Crippen molar-refractivity contribution in [1.82, 2.24) is 0 Å². The molecule has 0 aromatic heterocycles. The van der Waals surface area contributed by atoms with Crippen molar-refractivity contribution in [1.29, 1.82) is 0 Å². The molecule has 1 nitrogen and oxygen atoms in total. The van der Waals surface area contributed by atoms with Crippen molar-refractivity contribution in [3.05, 3.63) is 46.7 Å². The van der Waals surface area contributed by atoms with Gasteiger partial charge < -0.3 is 5.73 Å². The van der Waals surface area contributed by atoms with Crippen LogP contribution in [0.1, 0.15) is 51.3 Å². The number of benzene rings is 1. The molecule has 3 heteroatoms. The van der Waals surface area contributed by atoms with E-state index in [2.05, 4.69) is 77.3 Å². The molecule has 0 unspecified atom stereocenters. The van der Waals surface area contributed by atoms with Crippen molar-refractivity contribution >= 4 is 17.0 Å². The van der Waals surface area contributed by atoms with Crippen molar-refractivity contribution in [2.24, 2.45) is 5.41 Å². The molecule has 0 saturated heterocycles. The van der Waals surface area contributed by atoms with Gasteiger partial charge >= 0.3 is 38.5 Å². The molecule has 0 amide bonds. The van der Waals surface area contributed by atoms with Gasteiger partial charge in [0.05, 0.1) is 0 Å². The zero-order chi connectivity index (χ0) is 18.7. The summed E-state index contributed by atoms with van der Waals surface area (Å²) in [6.07, 6.45) is 2.60. The molecule has 1 aliphatic carbocycles. The first-order valence-electron chi connectivity index (χ1n) is 8.73. The monoisotopic (exact) mass is 375 g/mol. The van der Waals surface area contributed by atoms with E-state index in [1.54, 1.807) is 11.1 Å².